The molecule has 26 heavy (non-hydrogen) atoms. The fourth-order valence-corrected chi connectivity index (χ4v) is 3.31. The summed E-state index contributed by atoms with van der Waals surface area (Å²) in [6.07, 6.45) is 5.40. The lowest BCUT2D eigenvalue weighted by Gasteiger charge is -2.06. The predicted octanol–water partition coefficient (Wildman–Crippen LogP) is 4.02. The Labute approximate surface area is 156 Å². The maximum absolute atomic E-state index is 12.1. The summed E-state index contributed by atoms with van der Waals surface area (Å²) in [5, 5.41) is 4.98. The van der Waals surface area contributed by atoms with Crippen LogP contribution in [0.5, 0.6) is 5.75 Å². The van der Waals surface area contributed by atoms with E-state index in [0.717, 1.165) is 10.5 Å². The number of halogens is 3. The van der Waals surface area contributed by atoms with Crippen LogP contribution < -0.4 is 10.1 Å². The molecule has 0 saturated heterocycles. The Kier molecular flexibility index (Phi) is 5.85. The Hall–Kier alpha value is -2.45. The van der Waals surface area contributed by atoms with Gasteiger partial charge in [-0.25, -0.2) is 4.98 Å². The molecule has 0 atom stereocenters. The molecular formula is C17H14ClF2N3O2S. The molecule has 0 bridgehead atoms. The molecule has 2 aromatic heterocycles. The third-order valence-corrected chi connectivity index (χ3v) is 4.54. The van der Waals surface area contributed by atoms with E-state index < -0.39 is 6.61 Å². The average molecular weight is 398 g/mol. The zero-order valence-electron chi connectivity index (χ0n) is 13.4. The summed E-state index contributed by atoms with van der Waals surface area (Å²) in [6.45, 7) is -2.43. The van der Waals surface area contributed by atoms with Gasteiger partial charge in [0.05, 0.1) is 5.69 Å². The van der Waals surface area contributed by atoms with Crippen molar-refractivity contribution in [2.45, 2.75) is 13.0 Å². The zero-order valence-corrected chi connectivity index (χ0v) is 14.9. The highest BCUT2D eigenvalue weighted by atomic mass is 35.5. The minimum absolute atomic E-state index is 0.105. The average Bonchev–Trinajstić information content (AvgIpc) is 3.15. The number of carbonyl (C=O) groups excluding carboxylic acids is 1. The van der Waals surface area contributed by atoms with E-state index in [-0.39, 0.29) is 11.7 Å². The Morgan fingerprint density at radius 3 is 2.88 bits per heavy atom. The highest BCUT2D eigenvalue weighted by Gasteiger charge is 2.08. The molecule has 9 heteroatoms. The van der Waals surface area contributed by atoms with Crippen LogP contribution in [0.1, 0.15) is 11.3 Å². The zero-order chi connectivity index (χ0) is 18.5. The number of ether oxygens (including phenoxy) is 1. The molecule has 1 amide bonds. The van der Waals surface area contributed by atoms with Crippen molar-refractivity contribution in [3.63, 3.8) is 0 Å². The summed E-state index contributed by atoms with van der Waals surface area (Å²) in [5.41, 5.74) is 1.54. The van der Waals surface area contributed by atoms with Crippen LogP contribution in [0.15, 0.2) is 41.9 Å². The fraction of sp³-hybridized carbons (Fsp3) is 0.176. The van der Waals surface area contributed by atoms with Crippen molar-refractivity contribution in [2.75, 3.05) is 6.54 Å². The van der Waals surface area contributed by atoms with E-state index in [1.54, 1.807) is 22.6 Å². The van der Waals surface area contributed by atoms with Crippen molar-refractivity contribution in [1.82, 2.24) is 14.7 Å². The van der Waals surface area contributed by atoms with E-state index in [4.69, 9.17) is 11.6 Å². The van der Waals surface area contributed by atoms with Gasteiger partial charge in [0.15, 0.2) is 10.1 Å². The number of imidazole rings is 1. The molecule has 2 heterocycles. The molecule has 0 saturated carbocycles. The number of hydrogen-bond donors (Lipinski definition) is 1. The van der Waals surface area contributed by atoms with Crippen LogP contribution >= 0.6 is 22.9 Å². The van der Waals surface area contributed by atoms with Crippen molar-refractivity contribution < 1.29 is 18.3 Å². The van der Waals surface area contributed by atoms with Gasteiger partial charge in [-0.3, -0.25) is 9.20 Å². The first-order valence-corrected chi connectivity index (χ1v) is 8.89. The number of alkyl halides is 2. The Morgan fingerprint density at radius 2 is 2.15 bits per heavy atom. The number of nitrogens with zero attached hydrogens (tertiary/aromatic N) is 2. The summed E-state index contributed by atoms with van der Waals surface area (Å²) in [4.78, 5) is 16.9. The third kappa shape index (κ3) is 4.59. The van der Waals surface area contributed by atoms with Crippen molar-refractivity contribution in [1.29, 1.82) is 0 Å². The second-order valence-corrected chi connectivity index (χ2v) is 6.47. The minimum Gasteiger partial charge on any atom is -0.435 e. The van der Waals surface area contributed by atoms with Gasteiger partial charge in [-0.15, -0.1) is 11.3 Å². The molecule has 1 N–H and O–H groups in total. The molecule has 0 unspecified atom stereocenters. The third-order valence-electron chi connectivity index (χ3n) is 3.51. The number of carbonyl (C=O) groups is 1. The summed E-state index contributed by atoms with van der Waals surface area (Å²) in [7, 11) is 0. The predicted molar refractivity (Wildman–Crippen MR) is 96.9 cm³/mol. The highest BCUT2D eigenvalue weighted by Crippen LogP contribution is 2.22. The van der Waals surface area contributed by atoms with Gasteiger partial charge in [0, 0.05) is 24.2 Å². The smallest absolute Gasteiger partial charge is 0.387 e. The highest BCUT2D eigenvalue weighted by molar-refractivity contribution is 7.15. The first-order chi connectivity index (χ1) is 12.5. The summed E-state index contributed by atoms with van der Waals surface area (Å²) in [6, 6.07) is 6.30. The van der Waals surface area contributed by atoms with E-state index in [2.05, 4.69) is 15.0 Å². The molecule has 5 nitrogen and oxygen atoms in total. The monoisotopic (exact) mass is 397 g/mol. The number of fused-ring (bicyclic) bond motifs is 1. The first-order valence-electron chi connectivity index (χ1n) is 7.63. The van der Waals surface area contributed by atoms with E-state index in [1.807, 2.05) is 11.6 Å². The number of hydrogen-bond acceptors (Lipinski definition) is 4. The molecule has 0 radical (unpaired) electrons. The minimum atomic E-state index is -2.84. The lowest BCUT2D eigenvalue weighted by Crippen LogP contribution is -2.23. The van der Waals surface area contributed by atoms with E-state index in [0.29, 0.717) is 23.8 Å². The van der Waals surface area contributed by atoms with Crippen LogP contribution in [0.3, 0.4) is 0 Å². The van der Waals surface area contributed by atoms with E-state index in [9.17, 15) is 13.6 Å². The second-order valence-electron chi connectivity index (χ2n) is 5.24. The van der Waals surface area contributed by atoms with Gasteiger partial charge in [0.1, 0.15) is 5.75 Å². The SMILES string of the molecule is O=C(/C=C/c1c(Cl)nc2sccn12)NCCc1ccc(OC(F)F)cc1. The van der Waals surface area contributed by atoms with E-state index >= 15 is 0 Å². The number of aromatic nitrogens is 2. The first kappa shape index (κ1) is 18.3. The van der Waals surface area contributed by atoms with Gasteiger partial charge >= 0.3 is 6.61 Å². The molecule has 3 aromatic rings. The van der Waals surface area contributed by atoms with Crippen molar-refractivity contribution in [3.05, 3.63) is 58.3 Å². The molecule has 136 valence electrons. The summed E-state index contributed by atoms with van der Waals surface area (Å²) < 4.78 is 30.3. The molecular weight excluding hydrogens is 384 g/mol. The summed E-state index contributed by atoms with van der Waals surface area (Å²) in [5.74, 6) is -0.156. The van der Waals surface area contributed by atoms with Crippen LogP contribution in [0.4, 0.5) is 8.78 Å². The lowest BCUT2D eigenvalue weighted by atomic mass is 10.1. The van der Waals surface area contributed by atoms with Crippen LogP contribution in [-0.4, -0.2) is 28.4 Å². The molecule has 1 aromatic carbocycles. The van der Waals surface area contributed by atoms with Crippen molar-refractivity contribution >= 4 is 39.9 Å². The maximum atomic E-state index is 12.1. The topological polar surface area (TPSA) is 55.6 Å². The van der Waals surface area contributed by atoms with Gasteiger partial charge in [-0.2, -0.15) is 8.78 Å². The largest absolute Gasteiger partial charge is 0.435 e. The number of thiazole rings is 1. The van der Waals surface area contributed by atoms with Crippen molar-refractivity contribution in [2.24, 2.45) is 0 Å². The van der Waals surface area contributed by atoms with Crippen LogP contribution in [0.25, 0.3) is 11.0 Å². The normalized spacial score (nSPS) is 11.5. The fourth-order valence-electron chi connectivity index (χ4n) is 2.31. The van der Waals surface area contributed by atoms with Gasteiger partial charge in [-0.1, -0.05) is 23.7 Å². The second kappa shape index (κ2) is 8.29. The number of amides is 1. The van der Waals surface area contributed by atoms with Gasteiger partial charge in [0.25, 0.3) is 0 Å². The Balaban J connectivity index is 1.50. The van der Waals surface area contributed by atoms with Crippen LogP contribution in [-0.2, 0) is 11.2 Å². The number of benzene rings is 1. The van der Waals surface area contributed by atoms with E-state index in [1.165, 1.54) is 29.5 Å². The molecule has 0 spiro atoms. The molecule has 0 aliphatic rings. The standard InChI is InChI=1S/C17H14ClF2N3O2S/c18-15-13(23-9-10-26-17(23)22-15)5-6-14(24)21-8-7-11-1-3-12(4-2-11)25-16(19)20/h1-6,9-10,16H,7-8H2,(H,21,24)/b6-5+. The Bertz CT molecular complexity index is 922. The molecule has 3 rings (SSSR count). The quantitative estimate of drug-likeness (QED) is 0.612. The maximum Gasteiger partial charge on any atom is 0.387 e. The van der Waals surface area contributed by atoms with Crippen LogP contribution in [0, 0.1) is 0 Å². The molecule has 0 fully saturated rings. The number of nitrogens with one attached hydrogen (secondary N) is 1. The summed E-state index contributed by atoms with van der Waals surface area (Å²) >= 11 is 7.51. The molecule has 0 aliphatic carbocycles. The van der Waals surface area contributed by atoms with Crippen LogP contribution in [0.2, 0.25) is 5.15 Å². The van der Waals surface area contributed by atoms with Gasteiger partial charge in [0.2, 0.25) is 5.91 Å². The lowest BCUT2D eigenvalue weighted by molar-refractivity contribution is -0.116. The van der Waals surface area contributed by atoms with Gasteiger partial charge in [-0.05, 0) is 30.2 Å². The Morgan fingerprint density at radius 1 is 1.38 bits per heavy atom. The van der Waals surface area contributed by atoms with Crippen molar-refractivity contribution in [3.8, 4) is 5.75 Å². The van der Waals surface area contributed by atoms with Gasteiger partial charge < -0.3 is 10.1 Å². The number of rotatable bonds is 7. The molecule has 0 aliphatic heterocycles.